The van der Waals surface area contributed by atoms with E-state index in [4.69, 9.17) is 25.5 Å². The number of unbranched alkanes of at least 4 members (excludes halogenated alkanes) is 14. The van der Waals surface area contributed by atoms with Crippen LogP contribution in [0, 0.1) is 0 Å². The van der Waals surface area contributed by atoms with Gasteiger partial charge in [0.2, 0.25) is 0 Å². The number of carboxylic acids is 1. The number of carbonyl (C=O) groups is 1. The number of hydrogen-bond donors (Lipinski definition) is 5. The van der Waals surface area contributed by atoms with E-state index in [-0.39, 0.29) is 26.4 Å². The fraction of sp³-hybridized carbons (Fsp3) is 0.955. The lowest BCUT2D eigenvalue weighted by molar-refractivity contribution is -0.137. The largest absolute Gasteiger partial charge is 0.481 e. The number of aliphatic hydroxyl groups excluding tert-OH is 4. The van der Waals surface area contributed by atoms with Crippen LogP contribution in [0.1, 0.15) is 110 Å². The minimum absolute atomic E-state index is 0.125. The summed E-state index contributed by atoms with van der Waals surface area (Å²) < 4.78 is 0. The Balaban J connectivity index is -0.000000656. The molecule has 0 aliphatic rings. The summed E-state index contributed by atoms with van der Waals surface area (Å²) in [4.78, 5) is 10.3. The minimum atomic E-state index is -0.653. The van der Waals surface area contributed by atoms with Crippen LogP contribution in [0.25, 0.3) is 0 Å². The molecule has 0 heterocycles. The molecule has 28 heavy (non-hydrogen) atoms. The lowest BCUT2D eigenvalue weighted by Gasteiger charge is -2.03. The summed E-state index contributed by atoms with van der Waals surface area (Å²) in [5.41, 5.74) is 0. The van der Waals surface area contributed by atoms with Gasteiger partial charge in [-0.05, 0) is 6.42 Å². The van der Waals surface area contributed by atoms with Crippen LogP contribution in [0.5, 0.6) is 0 Å². The summed E-state index contributed by atoms with van der Waals surface area (Å²) >= 11 is 0. The van der Waals surface area contributed by atoms with E-state index >= 15 is 0 Å². The molecular weight excluding hydrogens is 360 g/mol. The second kappa shape index (κ2) is 33.9. The average Bonchev–Trinajstić information content (AvgIpc) is 2.71. The first-order valence-corrected chi connectivity index (χ1v) is 11.3. The van der Waals surface area contributed by atoms with Gasteiger partial charge < -0.3 is 25.5 Å². The number of aliphatic carboxylic acids is 1. The Bertz CT molecular complexity index is 253. The molecule has 0 amide bonds. The number of aliphatic hydroxyl groups is 4. The van der Waals surface area contributed by atoms with E-state index < -0.39 is 5.97 Å². The van der Waals surface area contributed by atoms with Gasteiger partial charge in [-0.1, -0.05) is 96.8 Å². The van der Waals surface area contributed by atoms with Gasteiger partial charge in [0.15, 0.2) is 0 Å². The van der Waals surface area contributed by atoms with Crippen LogP contribution < -0.4 is 0 Å². The van der Waals surface area contributed by atoms with Crippen molar-refractivity contribution in [2.45, 2.75) is 110 Å². The van der Waals surface area contributed by atoms with Crippen LogP contribution in [0.15, 0.2) is 0 Å². The predicted octanol–water partition coefficient (Wildman–Crippen LogP) is 4.27. The van der Waals surface area contributed by atoms with Gasteiger partial charge in [-0.3, -0.25) is 4.79 Å². The third kappa shape index (κ3) is 44.6. The summed E-state index contributed by atoms with van der Waals surface area (Å²) in [5, 5.41) is 39.0. The van der Waals surface area contributed by atoms with E-state index in [2.05, 4.69) is 6.92 Å². The first kappa shape index (κ1) is 32.0. The van der Waals surface area contributed by atoms with Crippen molar-refractivity contribution in [3.8, 4) is 0 Å². The van der Waals surface area contributed by atoms with Crippen LogP contribution in [-0.2, 0) is 4.79 Å². The fourth-order valence-corrected chi connectivity index (χ4v) is 2.65. The highest BCUT2D eigenvalue weighted by atomic mass is 16.4. The Hall–Kier alpha value is -0.690. The van der Waals surface area contributed by atoms with Gasteiger partial charge in [-0.25, -0.2) is 0 Å². The Morgan fingerprint density at radius 2 is 0.750 bits per heavy atom. The Morgan fingerprint density at radius 1 is 0.500 bits per heavy atom. The Kier molecular flexibility index (Phi) is 38.7. The highest BCUT2D eigenvalue weighted by molar-refractivity contribution is 5.66. The monoisotopic (exact) mass is 408 g/mol. The van der Waals surface area contributed by atoms with Crippen molar-refractivity contribution in [1.29, 1.82) is 0 Å². The van der Waals surface area contributed by atoms with E-state index in [0.29, 0.717) is 6.42 Å². The molecule has 0 spiro atoms. The molecule has 0 atom stereocenters. The van der Waals surface area contributed by atoms with Crippen LogP contribution in [0.2, 0.25) is 0 Å². The summed E-state index contributed by atoms with van der Waals surface area (Å²) in [7, 11) is 0. The zero-order valence-electron chi connectivity index (χ0n) is 18.3. The van der Waals surface area contributed by atoms with Crippen molar-refractivity contribution in [3.05, 3.63) is 0 Å². The van der Waals surface area contributed by atoms with Crippen molar-refractivity contribution in [2.24, 2.45) is 0 Å². The van der Waals surface area contributed by atoms with E-state index in [1.54, 1.807) is 0 Å². The maximum absolute atomic E-state index is 10.3. The molecule has 5 N–H and O–H groups in total. The van der Waals surface area contributed by atoms with Gasteiger partial charge >= 0.3 is 5.97 Å². The SMILES string of the molecule is CCCCCCCCCCCCCCCCCC(=O)O.OCCO.OCCO. The standard InChI is InChI=1S/C18H36O2.2C2H6O2/c1-2-3-4-5-6-7-8-9-10-11-12-13-14-15-16-17-18(19)20;2*3-1-2-4/h2-17H2,1H3,(H,19,20);2*3-4H,1-2H2. The van der Waals surface area contributed by atoms with E-state index in [1.807, 2.05) is 0 Å². The van der Waals surface area contributed by atoms with Crippen molar-refractivity contribution >= 4 is 5.97 Å². The summed E-state index contributed by atoms with van der Waals surface area (Å²) in [6, 6.07) is 0. The fourth-order valence-electron chi connectivity index (χ4n) is 2.65. The maximum Gasteiger partial charge on any atom is 0.303 e. The van der Waals surface area contributed by atoms with E-state index in [9.17, 15) is 4.79 Å². The quantitative estimate of drug-likeness (QED) is 0.216. The molecule has 0 rings (SSSR count). The molecule has 0 saturated carbocycles. The summed E-state index contributed by atoms with van der Waals surface area (Å²) in [5.74, 6) is -0.653. The smallest absolute Gasteiger partial charge is 0.303 e. The molecule has 0 fully saturated rings. The van der Waals surface area contributed by atoms with E-state index in [0.717, 1.165) is 12.8 Å². The molecule has 172 valence electrons. The van der Waals surface area contributed by atoms with Gasteiger partial charge in [0.1, 0.15) is 0 Å². The number of carboxylic acid groups (broad SMARTS) is 1. The van der Waals surface area contributed by atoms with Crippen LogP contribution >= 0.6 is 0 Å². The number of hydrogen-bond acceptors (Lipinski definition) is 5. The third-order valence-corrected chi connectivity index (χ3v) is 4.19. The van der Waals surface area contributed by atoms with Crippen LogP contribution in [0.3, 0.4) is 0 Å². The summed E-state index contributed by atoms with van der Waals surface area (Å²) in [6.07, 6.45) is 20.2. The molecule has 0 radical (unpaired) electrons. The van der Waals surface area contributed by atoms with Gasteiger partial charge in [0, 0.05) is 6.42 Å². The van der Waals surface area contributed by atoms with Gasteiger partial charge in [0.05, 0.1) is 26.4 Å². The molecule has 0 aromatic rings. The second-order valence-corrected chi connectivity index (χ2v) is 6.99. The molecule has 0 aromatic heterocycles. The molecule has 0 aliphatic carbocycles. The molecule has 0 unspecified atom stereocenters. The Labute approximate surface area is 173 Å². The average molecular weight is 409 g/mol. The van der Waals surface area contributed by atoms with Crippen LogP contribution in [0.4, 0.5) is 0 Å². The Morgan fingerprint density at radius 3 is 0.964 bits per heavy atom. The molecule has 0 aromatic carbocycles. The third-order valence-electron chi connectivity index (χ3n) is 4.19. The molecule has 0 saturated heterocycles. The molecular formula is C22H48O6. The van der Waals surface area contributed by atoms with Crippen LogP contribution in [-0.4, -0.2) is 57.9 Å². The second-order valence-electron chi connectivity index (χ2n) is 6.99. The predicted molar refractivity (Wildman–Crippen MR) is 116 cm³/mol. The molecule has 0 bridgehead atoms. The highest BCUT2D eigenvalue weighted by Gasteiger charge is 1.97. The molecule has 0 aliphatic heterocycles. The van der Waals surface area contributed by atoms with Crippen molar-refractivity contribution < 1.29 is 30.3 Å². The zero-order chi connectivity index (χ0) is 21.7. The first-order valence-electron chi connectivity index (χ1n) is 11.3. The topological polar surface area (TPSA) is 118 Å². The normalized spacial score (nSPS) is 9.89. The van der Waals surface area contributed by atoms with Gasteiger partial charge in [0.25, 0.3) is 0 Å². The van der Waals surface area contributed by atoms with Gasteiger partial charge in [-0.2, -0.15) is 0 Å². The lowest BCUT2D eigenvalue weighted by atomic mass is 10.0. The molecule has 6 nitrogen and oxygen atoms in total. The summed E-state index contributed by atoms with van der Waals surface area (Å²) in [6.45, 7) is 1.77. The van der Waals surface area contributed by atoms with Crippen molar-refractivity contribution in [1.82, 2.24) is 0 Å². The molecule has 6 heteroatoms. The van der Waals surface area contributed by atoms with Crippen molar-refractivity contribution in [3.63, 3.8) is 0 Å². The lowest BCUT2D eigenvalue weighted by Crippen LogP contribution is -1.93. The number of rotatable bonds is 18. The van der Waals surface area contributed by atoms with E-state index in [1.165, 1.54) is 83.5 Å². The highest BCUT2D eigenvalue weighted by Crippen LogP contribution is 2.13. The zero-order valence-corrected chi connectivity index (χ0v) is 18.3. The first-order chi connectivity index (χ1) is 13.6. The van der Waals surface area contributed by atoms with Crippen molar-refractivity contribution in [2.75, 3.05) is 26.4 Å². The van der Waals surface area contributed by atoms with Gasteiger partial charge in [-0.15, -0.1) is 0 Å². The minimum Gasteiger partial charge on any atom is -0.481 e. The maximum atomic E-state index is 10.3.